The summed E-state index contributed by atoms with van der Waals surface area (Å²) in [4.78, 5) is 12.4. The third kappa shape index (κ3) is 3.69. The molecule has 0 saturated carbocycles. The maximum Gasteiger partial charge on any atom is 0.297 e. The standard InChI is InChI=1S/C14H14Cl2N4OS/c1-8(2)12-13(21)20(14(22-3)19-18-12)17-7-9-4-5-10(15)6-11(9)16/h4-8H,1-3H3. The van der Waals surface area contributed by atoms with E-state index in [9.17, 15) is 4.79 Å². The number of halogens is 2. The fourth-order valence-corrected chi connectivity index (χ4v) is 2.58. The molecule has 1 heterocycles. The summed E-state index contributed by atoms with van der Waals surface area (Å²) in [5, 5.41) is 13.6. The first-order valence-corrected chi connectivity index (χ1v) is 8.45. The minimum Gasteiger partial charge on any atom is -0.265 e. The highest BCUT2D eigenvalue weighted by atomic mass is 35.5. The molecule has 22 heavy (non-hydrogen) atoms. The van der Waals surface area contributed by atoms with Crippen molar-refractivity contribution in [3.63, 3.8) is 0 Å². The normalized spacial score (nSPS) is 11.5. The zero-order valence-corrected chi connectivity index (χ0v) is 14.6. The first-order valence-electron chi connectivity index (χ1n) is 6.47. The van der Waals surface area contributed by atoms with E-state index < -0.39 is 0 Å². The summed E-state index contributed by atoms with van der Waals surface area (Å²) < 4.78 is 1.23. The highest BCUT2D eigenvalue weighted by molar-refractivity contribution is 7.98. The molecule has 0 bridgehead atoms. The van der Waals surface area contributed by atoms with Crippen LogP contribution in [0.15, 0.2) is 33.3 Å². The van der Waals surface area contributed by atoms with Crippen molar-refractivity contribution in [2.24, 2.45) is 5.10 Å². The lowest BCUT2D eigenvalue weighted by Crippen LogP contribution is -2.26. The van der Waals surface area contributed by atoms with Crippen molar-refractivity contribution in [3.8, 4) is 0 Å². The van der Waals surface area contributed by atoms with Crippen molar-refractivity contribution >= 4 is 41.2 Å². The summed E-state index contributed by atoms with van der Waals surface area (Å²) in [6.07, 6.45) is 3.31. The topological polar surface area (TPSA) is 60.1 Å². The van der Waals surface area contributed by atoms with Crippen LogP contribution in [-0.2, 0) is 0 Å². The first-order chi connectivity index (χ1) is 10.4. The number of thioether (sulfide) groups is 1. The van der Waals surface area contributed by atoms with E-state index in [0.29, 0.717) is 26.5 Å². The summed E-state index contributed by atoms with van der Waals surface area (Å²) >= 11 is 13.2. The van der Waals surface area contributed by atoms with Gasteiger partial charge in [0.1, 0.15) is 5.69 Å². The quantitative estimate of drug-likeness (QED) is 0.619. The van der Waals surface area contributed by atoms with Crippen molar-refractivity contribution in [1.82, 2.24) is 14.9 Å². The smallest absolute Gasteiger partial charge is 0.265 e. The molecule has 2 rings (SSSR count). The number of benzene rings is 1. The molecule has 5 nitrogen and oxygen atoms in total. The van der Waals surface area contributed by atoms with Crippen LogP contribution in [0.25, 0.3) is 0 Å². The molecule has 116 valence electrons. The van der Waals surface area contributed by atoms with Crippen LogP contribution in [0.2, 0.25) is 10.0 Å². The predicted molar refractivity (Wildman–Crippen MR) is 91.6 cm³/mol. The summed E-state index contributed by atoms with van der Waals surface area (Å²) in [5.41, 5.74) is 0.751. The molecule has 0 atom stereocenters. The van der Waals surface area contributed by atoms with Crippen LogP contribution in [0.5, 0.6) is 0 Å². The monoisotopic (exact) mass is 356 g/mol. The summed E-state index contributed by atoms with van der Waals surface area (Å²) in [7, 11) is 0. The van der Waals surface area contributed by atoms with Crippen molar-refractivity contribution in [2.45, 2.75) is 24.9 Å². The van der Waals surface area contributed by atoms with Gasteiger partial charge in [-0.25, -0.2) is 0 Å². The average molecular weight is 357 g/mol. The van der Waals surface area contributed by atoms with Gasteiger partial charge in [-0.3, -0.25) is 4.79 Å². The third-order valence-corrected chi connectivity index (χ3v) is 4.02. The Hall–Kier alpha value is -1.37. The van der Waals surface area contributed by atoms with E-state index in [1.54, 1.807) is 24.5 Å². The van der Waals surface area contributed by atoms with Gasteiger partial charge in [-0.05, 0) is 18.4 Å². The molecule has 1 aromatic heterocycles. The molecule has 0 N–H and O–H groups in total. The van der Waals surface area contributed by atoms with E-state index in [1.807, 2.05) is 13.8 Å². The molecule has 0 amide bonds. The number of hydrogen-bond acceptors (Lipinski definition) is 5. The molecule has 8 heteroatoms. The first kappa shape index (κ1) is 17.0. The lowest BCUT2D eigenvalue weighted by molar-refractivity contribution is 0.605. The third-order valence-electron chi connectivity index (χ3n) is 2.84. The van der Waals surface area contributed by atoms with Crippen LogP contribution < -0.4 is 5.56 Å². The van der Waals surface area contributed by atoms with Gasteiger partial charge in [0.15, 0.2) is 0 Å². The van der Waals surface area contributed by atoms with Crippen LogP contribution >= 0.6 is 35.0 Å². The van der Waals surface area contributed by atoms with Gasteiger partial charge in [0.2, 0.25) is 5.16 Å². The molecule has 0 radical (unpaired) electrons. The lowest BCUT2D eigenvalue weighted by Gasteiger charge is -2.08. The minimum absolute atomic E-state index is 0.0310. The van der Waals surface area contributed by atoms with Crippen molar-refractivity contribution in [3.05, 3.63) is 49.9 Å². The van der Waals surface area contributed by atoms with E-state index in [2.05, 4.69) is 15.3 Å². The highest BCUT2D eigenvalue weighted by Crippen LogP contribution is 2.19. The second-order valence-electron chi connectivity index (χ2n) is 4.75. The average Bonchev–Trinajstić information content (AvgIpc) is 2.46. The lowest BCUT2D eigenvalue weighted by atomic mass is 10.1. The van der Waals surface area contributed by atoms with Gasteiger partial charge in [0, 0.05) is 16.5 Å². The summed E-state index contributed by atoms with van der Waals surface area (Å²) in [6.45, 7) is 3.77. The highest BCUT2D eigenvalue weighted by Gasteiger charge is 2.13. The Labute approximate surface area is 142 Å². The maximum absolute atomic E-state index is 12.4. The van der Waals surface area contributed by atoms with E-state index in [1.165, 1.54) is 22.7 Å². The zero-order valence-electron chi connectivity index (χ0n) is 12.2. The predicted octanol–water partition coefficient (Wildman–Crippen LogP) is 3.67. The van der Waals surface area contributed by atoms with E-state index >= 15 is 0 Å². The molecule has 0 aliphatic heterocycles. The number of nitrogens with zero attached hydrogens (tertiary/aromatic N) is 4. The van der Waals surface area contributed by atoms with Crippen LogP contribution in [-0.4, -0.2) is 27.3 Å². The van der Waals surface area contributed by atoms with Crippen LogP contribution in [0.4, 0.5) is 0 Å². The van der Waals surface area contributed by atoms with Gasteiger partial charge in [0.05, 0.1) is 11.2 Å². The molecule has 0 saturated heterocycles. The van der Waals surface area contributed by atoms with Crippen molar-refractivity contribution in [1.29, 1.82) is 0 Å². The van der Waals surface area contributed by atoms with Crippen molar-refractivity contribution < 1.29 is 0 Å². The van der Waals surface area contributed by atoms with E-state index in [4.69, 9.17) is 23.2 Å². The van der Waals surface area contributed by atoms with Crippen LogP contribution in [0, 0.1) is 0 Å². The maximum atomic E-state index is 12.4. The van der Waals surface area contributed by atoms with Crippen LogP contribution in [0.3, 0.4) is 0 Å². The number of rotatable bonds is 4. The van der Waals surface area contributed by atoms with Gasteiger partial charge in [-0.1, -0.05) is 54.9 Å². The molecule has 0 spiro atoms. The minimum atomic E-state index is -0.282. The summed E-state index contributed by atoms with van der Waals surface area (Å²) in [5.74, 6) is -0.0310. The second-order valence-corrected chi connectivity index (χ2v) is 6.37. The fourth-order valence-electron chi connectivity index (χ4n) is 1.69. The van der Waals surface area contributed by atoms with Gasteiger partial charge >= 0.3 is 0 Å². The molecule has 0 aliphatic rings. The van der Waals surface area contributed by atoms with Crippen LogP contribution in [0.1, 0.15) is 31.0 Å². The van der Waals surface area contributed by atoms with E-state index in [0.717, 1.165) is 0 Å². The molecule has 1 aromatic carbocycles. The van der Waals surface area contributed by atoms with Gasteiger partial charge < -0.3 is 0 Å². The Morgan fingerprint density at radius 1 is 1.32 bits per heavy atom. The molecule has 0 fully saturated rings. The number of hydrogen-bond donors (Lipinski definition) is 0. The Kier molecular flexibility index (Phi) is 5.61. The Balaban J connectivity index is 2.50. The van der Waals surface area contributed by atoms with Gasteiger partial charge in [-0.2, -0.15) is 9.78 Å². The zero-order chi connectivity index (χ0) is 16.3. The molecule has 2 aromatic rings. The largest absolute Gasteiger partial charge is 0.297 e. The second kappa shape index (κ2) is 7.26. The Bertz CT molecular complexity index is 774. The van der Waals surface area contributed by atoms with Gasteiger partial charge in [0.25, 0.3) is 5.56 Å². The number of aromatic nitrogens is 3. The molecular formula is C14H14Cl2N4OS. The SMILES string of the molecule is CSc1nnc(C(C)C)c(=O)n1N=Cc1ccc(Cl)cc1Cl. The summed E-state index contributed by atoms with van der Waals surface area (Å²) in [6, 6.07) is 5.06. The Morgan fingerprint density at radius 2 is 2.05 bits per heavy atom. The molecule has 0 unspecified atom stereocenters. The molecule has 0 aliphatic carbocycles. The van der Waals surface area contributed by atoms with Gasteiger partial charge in [-0.15, -0.1) is 10.2 Å². The Morgan fingerprint density at radius 3 is 2.64 bits per heavy atom. The van der Waals surface area contributed by atoms with Crippen molar-refractivity contribution in [2.75, 3.05) is 6.26 Å². The molecular weight excluding hydrogens is 343 g/mol. The van der Waals surface area contributed by atoms with E-state index in [-0.39, 0.29) is 11.5 Å². The fraction of sp³-hybridized carbons (Fsp3) is 0.286.